The van der Waals surface area contributed by atoms with Crippen molar-refractivity contribution in [2.75, 3.05) is 19.7 Å². The minimum atomic E-state index is -1.08. The molecule has 2 aromatic carbocycles. The molecule has 2 atom stereocenters. The highest BCUT2D eigenvalue weighted by Gasteiger charge is 2.29. The zero-order chi connectivity index (χ0) is 23.1. The maximum absolute atomic E-state index is 12.1. The summed E-state index contributed by atoms with van der Waals surface area (Å²) in [6.45, 7) is 1.95. The molecule has 1 aliphatic carbocycles. The van der Waals surface area contributed by atoms with Crippen molar-refractivity contribution < 1.29 is 29.3 Å². The van der Waals surface area contributed by atoms with Gasteiger partial charge in [0.2, 0.25) is 5.91 Å². The van der Waals surface area contributed by atoms with E-state index in [1.165, 1.54) is 0 Å². The van der Waals surface area contributed by atoms with Crippen LogP contribution in [0.3, 0.4) is 0 Å². The average molecular weight is 440 g/mol. The number of fused-ring (bicyclic) bond motifs is 3. The number of alkyl carbamates (subject to hydrolysis) is 1. The van der Waals surface area contributed by atoms with Crippen LogP contribution in [0.4, 0.5) is 4.79 Å². The number of amides is 2. The topological polar surface area (TPSA) is 125 Å². The Labute approximate surface area is 186 Å². The van der Waals surface area contributed by atoms with Crippen LogP contribution in [0.2, 0.25) is 0 Å². The molecule has 0 spiro atoms. The smallest absolute Gasteiger partial charge is 0.407 e. The number of carboxylic acid groups (broad SMARTS) is 1. The minimum absolute atomic E-state index is 0.0494. The van der Waals surface area contributed by atoms with Gasteiger partial charge in [0, 0.05) is 25.4 Å². The fourth-order valence-corrected chi connectivity index (χ4v) is 3.87. The molecule has 3 rings (SSSR count). The molecule has 170 valence electrons. The number of aliphatic hydroxyl groups excluding tert-OH is 1. The zero-order valence-electron chi connectivity index (χ0n) is 17.9. The van der Waals surface area contributed by atoms with Gasteiger partial charge in [-0.25, -0.2) is 4.79 Å². The second kappa shape index (κ2) is 10.8. The van der Waals surface area contributed by atoms with Crippen LogP contribution in [0.25, 0.3) is 11.1 Å². The number of carbonyl (C=O) groups excluding carboxylic acids is 2. The van der Waals surface area contributed by atoms with E-state index in [-0.39, 0.29) is 44.4 Å². The van der Waals surface area contributed by atoms with E-state index in [0.29, 0.717) is 0 Å². The summed E-state index contributed by atoms with van der Waals surface area (Å²) < 4.78 is 5.39. The highest BCUT2D eigenvalue weighted by molar-refractivity contribution is 5.79. The van der Waals surface area contributed by atoms with E-state index >= 15 is 0 Å². The number of carbonyl (C=O) groups is 3. The number of nitrogens with one attached hydrogen (secondary N) is 2. The van der Waals surface area contributed by atoms with Crippen LogP contribution in [0.5, 0.6) is 0 Å². The first kappa shape index (κ1) is 23.3. The maximum atomic E-state index is 12.1. The van der Waals surface area contributed by atoms with E-state index < -0.39 is 24.1 Å². The first-order valence-electron chi connectivity index (χ1n) is 10.6. The number of carboxylic acids is 1. The first-order chi connectivity index (χ1) is 15.3. The average Bonchev–Trinajstić information content (AvgIpc) is 3.08. The monoisotopic (exact) mass is 440 g/mol. The van der Waals surface area contributed by atoms with Crippen molar-refractivity contribution in [2.45, 2.75) is 31.8 Å². The summed E-state index contributed by atoms with van der Waals surface area (Å²) in [5, 5.41) is 23.8. The molecule has 0 aromatic heterocycles. The van der Waals surface area contributed by atoms with Gasteiger partial charge in [-0.2, -0.15) is 0 Å². The van der Waals surface area contributed by atoms with Crippen LogP contribution < -0.4 is 10.6 Å². The lowest BCUT2D eigenvalue weighted by atomic mass is 9.98. The van der Waals surface area contributed by atoms with Crippen molar-refractivity contribution in [2.24, 2.45) is 5.92 Å². The van der Waals surface area contributed by atoms with Crippen LogP contribution in [-0.4, -0.2) is 54.0 Å². The lowest BCUT2D eigenvalue weighted by Gasteiger charge is -2.16. The Morgan fingerprint density at radius 2 is 1.53 bits per heavy atom. The highest BCUT2D eigenvalue weighted by Crippen LogP contribution is 2.44. The third kappa shape index (κ3) is 6.07. The number of aliphatic hydroxyl groups is 1. The van der Waals surface area contributed by atoms with Crippen molar-refractivity contribution in [3.8, 4) is 11.1 Å². The molecular weight excluding hydrogens is 412 g/mol. The van der Waals surface area contributed by atoms with Gasteiger partial charge < -0.3 is 25.6 Å². The van der Waals surface area contributed by atoms with Gasteiger partial charge in [0.15, 0.2) is 0 Å². The van der Waals surface area contributed by atoms with E-state index in [2.05, 4.69) is 22.8 Å². The molecule has 2 aromatic rings. The number of benzene rings is 2. The quantitative estimate of drug-likeness (QED) is 0.450. The molecule has 0 saturated heterocycles. The molecule has 1 aliphatic rings. The zero-order valence-corrected chi connectivity index (χ0v) is 17.9. The Balaban J connectivity index is 1.42. The molecule has 4 N–H and O–H groups in total. The predicted molar refractivity (Wildman–Crippen MR) is 118 cm³/mol. The van der Waals surface area contributed by atoms with E-state index in [1.54, 1.807) is 6.92 Å². The normalized spacial score (nSPS) is 14.1. The SMILES string of the molecule is CC(CNC(=O)CC(O)CNC(=O)OCC1c2ccccc2-c2ccccc21)CC(=O)O. The highest BCUT2D eigenvalue weighted by atomic mass is 16.5. The van der Waals surface area contributed by atoms with Crippen molar-refractivity contribution in [1.82, 2.24) is 10.6 Å². The van der Waals surface area contributed by atoms with Crippen molar-refractivity contribution in [1.29, 1.82) is 0 Å². The number of hydrogen-bond donors (Lipinski definition) is 4. The summed E-state index contributed by atoms with van der Waals surface area (Å²) in [5.41, 5.74) is 4.48. The molecule has 0 radical (unpaired) electrons. The third-order valence-electron chi connectivity index (χ3n) is 5.42. The Morgan fingerprint density at radius 3 is 2.12 bits per heavy atom. The first-order valence-corrected chi connectivity index (χ1v) is 10.6. The fourth-order valence-electron chi connectivity index (χ4n) is 3.87. The summed E-state index contributed by atoms with van der Waals surface area (Å²) in [6, 6.07) is 16.0. The van der Waals surface area contributed by atoms with E-state index in [0.717, 1.165) is 22.3 Å². The number of rotatable bonds is 10. The van der Waals surface area contributed by atoms with Crippen LogP contribution in [0.15, 0.2) is 48.5 Å². The molecule has 8 nitrogen and oxygen atoms in total. The summed E-state index contributed by atoms with van der Waals surface area (Å²) in [6.07, 6.45) is -2.00. The number of aliphatic carboxylic acids is 1. The molecule has 0 saturated carbocycles. The predicted octanol–water partition coefficient (Wildman–Crippen LogP) is 2.50. The molecular formula is C24H28N2O6. The molecule has 32 heavy (non-hydrogen) atoms. The van der Waals surface area contributed by atoms with Gasteiger partial charge in [-0.15, -0.1) is 0 Å². The van der Waals surface area contributed by atoms with E-state index in [1.807, 2.05) is 36.4 Å². The van der Waals surface area contributed by atoms with Crippen molar-refractivity contribution in [3.63, 3.8) is 0 Å². The summed E-state index contributed by atoms with van der Waals surface area (Å²) in [7, 11) is 0. The molecule has 2 amide bonds. The molecule has 0 bridgehead atoms. The van der Waals surface area contributed by atoms with Gasteiger partial charge in [0.05, 0.1) is 12.5 Å². The minimum Gasteiger partial charge on any atom is -0.481 e. The summed E-state index contributed by atoms with van der Waals surface area (Å²) in [5.74, 6) is -1.62. The Hall–Kier alpha value is -3.39. The van der Waals surface area contributed by atoms with E-state index in [9.17, 15) is 19.5 Å². The number of hydrogen-bond acceptors (Lipinski definition) is 5. The standard InChI is InChI=1S/C24H28N2O6/c1-15(10-23(29)30)12-25-22(28)11-16(27)13-26-24(31)32-14-21-19-8-4-2-6-17(19)18-7-3-5-9-20(18)21/h2-9,15-16,21,27H,10-14H2,1H3,(H,25,28)(H,26,31)(H,29,30). The van der Waals surface area contributed by atoms with Gasteiger partial charge in [-0.1, -0.05) is 55.5 Å². The Bertz CT molecular complexity index is 931. The van der Waals surface area contributed by atoms with Crippen LogP contribution >= 0.6 is 0 Å². The maximum Gasteiger partial charge on any atom is 0.407 e. The Morgan fingerprint density at radius 1 is 0.938 bits per heavy atom. The van der Waals surface area contributed by atoms with Gasteiger partial charge in [0.25, 0.3) is 0 Å². The van der Waals surface area contributed by atoms with Gasteiger partial charge in [0.1, 0.15) is 6.61 Å². The molecule has 0 aliphatic heterocycles. The van der Waals surface area contributed by atoms with Crippen molar-refractivity contribution >= 4 is 18.0 Å². The fraction of sp³-hybridized carbons (Fsp3) is 0.375. The molecule has 0 heterocycles. The lowest BCUT2D eigenvalue weighted by molar-refractivity contribution is -0.138. The van der Waals surface area contributed by atoms with E-state index in [4.69, 9.17) is 9.84 Å². The molecule has 0 fully saturated rings. The second-order valence-electron chi connectivity index (χ2n) is 8.07. The van der Waals surface area contributed by atoms with Crippen molar-refractivity contribution in [3.05, 3.63) is 59.7 Å². The summed E-state index contributed by atoms with van der Waals surface area (Å²) in [4.78, 5) is 34.6. The molecule has 8 heteroatoms. The largest absolute Gasteiger partial charge is 0.481 e. The van der Waals surface area contributed by atoms with Crippen LogP contribution in [0, 0.1) is 5.92 Å². The molecule has 2 unspecified atom stereocenters. The number of ether oxygens (including phenoxy) is 1. The lowest BCUT2D eigenvalue weighted by Crippen LogP contribution is -2.37. The third-order valence-corrected chi connectivity index (χ3v) is 5.42. The van der Waals surface area contributed by atoms with Crippen LogP contribution in [-0.2, 0) is 14.3 Å². The second-order valence-corrected chi connectivity index (χ2v) is 8.07. The summed E-state index contributed by atoms with van der Waals surface area (Å²) >= 11 is 0. The Kier molecular flexibility index (Phi) is 7.83. The van der Waals surface area contributed by atoms with Gasteiger partial charge in [-0.3, -0.25) is 9.59 Å². The van der Waals surface area contributed by atoms with Gasteiger partial charge in [-0.05, 0) is 28.2 Å². The van der Waals surface area contributed by atoms with Gasteiger partial charge >= 0.3 is 12.1 Å². The van der Waals surface area contributed by atoms with Crippen LogP contribution in [0.1, 0.15) is 36.8 Å².